The number of hydrogen-bond donors (Lipinski definition) is 2. The summed E-state index contributed by atoms with van der Waals surface area (Å²) >= 11 is 0. The van der Waals surface area contributed by atoms with E-state index in [-0.39, 0.29) is 12.5 Å². The fourth-order valence-electron chi connectivity index (χ4n) is 3.65. The molecule has 7 nitrogen and oxygen atoms in total. The van der Waals surface area contributed by atoms with Crippen molar-refractivity contribution in [2.75, 3.05) is 27.8 Å². The van der Waals surface area contributed by atoms with Crippen molar-refractivity contribution in [3.8, 4) is 17.2 Å². The number of rotatable bonds is 4. The van der Waals surface area contributed by atoms with Gasteiger partial charge in [0.25, 0.3) is 0 Å². The van der Waals surface area contributed by atoms with Gasteiger partial charge in [0.2, 0.25) is 5.91 Å². The zero-order valence-electron chi connectivity index (χ0n) is 17.9. The van der Waals surface area contributed by atoms with Gasteiger partial charge >= 0.3 is 7.05 Å². The van der Waals surface area contributed by atoms with E-state index < -0.39 is 19.1 Å². The van der Waals surface area contributed by atoms with Gasteiger partial charge in [0.1, 0.15) is 5.75 Å². The summed E-state index contributed by atoms with van der Waals surface area (Å²) in [6, 6.07) is 12.2. The van der Waals surface area contributed by atoms with E-state index in [0.29, 0.717) is 30.1 Å². The van der Waals surface area contributed by atoms with E-state index in [1.165, 1.54) is 0 Å². The molecule has 1 amide bonds. The normalized spacial score (nSPS) is 19.4. The van der Waals surface area contributed by atoms with Gasteiger partial charge in [-0.1, -0.05) is 18.2 Å². The second-order valence-corrected chi connectivity index (χ2v) is 7.74. The number of benzene rings is 2. The monoisotopic (exact) mass is 412 g/mol. The summed E-state index contributed by atoms with van der Waals surface area (Å²) in [5.41, 5.74) is 1.86. The zero-order valence-corrected chi connectivity index (χ0v) is 17.9. The van der Waals surface area contributed by atoms with Crippen LogP contribution in [0.2, 0.25) is 6.82 Å². The molecule has 2 N–H and O–H groups in total. The molecule has 8 heteroatoms. The summed E-state index contributed by atoms with van der Waals surface area (Å²) in [7, 11) is 4.23. The van der Waals surface area contributed by atoms with Crippen LogP contribution in [0.25, 0.3) is 0 Å². The number of likely N-dealkylation sites (N-methyl/N-ethyl adjacent to an activating group) is 2. The SMILES string of the molecule is COc1ccc2cc1Oc1ccc(cc1)C[C@H](N(C)B(C)O)C(=O)N(C)[C@H](CO)C2. The first kappa shape index (κ1) is 22.1. The number of fused-ring (bicyclic) bond motifs is 7. The van der Waals surface area contributed by atoms with E-state index >= 15 is 0 Å². The molecule has 0 fully saturated rings. The minimum absolute atomic E-state index is 0.149. The lowest BCUT2D eigenvalue weighted by Crippen LogP contribution is -2.54. The molecule has 0 saturated heterocycles. The van der Waals surface area contributed by atoms with Crippen molar-refractivity contribution >= 4 is 13.0 Å². The van der Waals surface area contributed by atoms with Crippen LogP contribution in [0.5, 0.6) is 17.2 Å². The van der Waals surface area contributed by atoms with E-state index in [1.54, 1.807) is 37.7 Å². The molecule has 0 radical (unpaired) electrons. The Balaban J connectivity index is 2.06. The van der Waals surface area contributed by atoms with Crippen LogP contribution in [-0.2, 0) is 17.6 Å². The molecule has 0 saturated carbocycles. The molecule has 160 valence electrons. The molecule has 4 rings (SSSR count). The number of carbonyl (C=O) groups excluding carboxylic acids is 1. The van der Waals surface area contributed by atoms with Crippen molar-refractivity contribution < 1.29 is 24.4 Å². The maximum Gasteiger partial charge on any atom is 0.376 e. The molecule has 2 aromatic rings. The fraction of sp³-hybridized carbons (Fsp3) is 0.409. The Bertz CT molecular complexity index is 874. The molecule has 30 heavy (non-hydrogen) atoms. The third-order valence-electron chi connectivity index (χ3n) is 5.75. The molecule has 0 aromatic heterocycles. The Morgan fingerprint density at radius 2 is 1.87 bits per heavy atom. The number of ether oxygens (including phenoxy) is 2. The highest BCUT2D eigenvalue weighted by molar-refractivity contribution is 6.45. The molecule has 2 aliphatic rings. The maximum atomic E-state index is 13.4. The van der Waals surface area contributed by atoms with Gasteiger partial charge < -0.3 is 29.3 Å². The van der Waals surface area contributed by atoms with Gasteiger partial charge in [0.15, 0.2) is 11.5 Å². The molecule has 2 heterocycles. The highest BCUT2D eigenvalue weighted by atomic mass is 16.5. The van der Waals surface area contributed by atoms with Crippen molar-refractivity contribution in [1.29, 1.82) is 0 Å². The molecule has 2 aliphatic heterocycles. The molecule has 2 aromatic carbocycles. The van der Waals surface area contributed by atoms with E-state index in [0.717, 1.165) is 11.1 Å². The fourth-order valence-corrected chi connectivity index (χ4v) is 3.65. The van der Waals surface area contributed by atoms with E-state index in [1.807, 2.05) is 42.5 Å². The first-order valence-corrected chi connectivity index (χ1v) is 10.0. The second kappa shape index (κ2) is 9.51. The lowest BCUT2D eigenvalue weighted by molar-refractivity contribution is -0.137. The van der Waals surface area contributed by atoms with Crippen LogP contribution in [0.15, 0.2) is 42.5 Å². The minimum Gasteiger partial charge on any atom is -0.493 e. The third-order valence-corrected chi connectivity index (χ3v) is 5.75. The Kier molecular flexibility index (Phi) is 7.02. The number of aliphatic hydroxyl groups is 1. The van der Waals surface area contributed by atoms with Gasteiger partial charge in [0, 0.05) is 7.05 Å². The molecule has 0 aliphatic carbocycles. The standard InChI is InChI=1S/C22H29BN2O5/c1-23(28)25(3)19-12-15-5-8-18(9-6-15)30-21-13-16(7-10-20(21)29-4)11-17(14-26)24(2)22(19)27/h5-10,13,17,19,26,28H,11-12,14H2,1-4H3/t17-,19-/m0/s1. The van der Waals surface area contributed by atoms with E-state index in [4.69, 9.17) is 9.47 Å². The number of hydrogen-bond acceptors (Lipinski definition) is 6. The van der Waals surface area contributed by atoms with Gasteiger partial charge in [-0.2, -0.15) is 0 Å². The van der Waals surface area contributed by atoms with Crippen LogP contribution in [0.4, 0.5) is 0 Å². The second-order valence-electron chi connectivity index (χ2n) is 7.74. The summed E-state index contributed by atoms with van der Waals surface area (Å²) in [5, 5.41) is 20.1. The Labute approximate surface area is 178 Å². The highest BCUT2D eigenvalue weighted by Gasteiger charge is 2.33. The average molecular weight is 412 g/mol. The van der Waals surface area contributed by atoms with Crippen LogP contribution in [0.1, 0.15) is 11.1 Å². The quantitative estimate of drug-likeness (QED) is 0.746. The topological polar surface area (TPSA) is 82.5 Å². The predicted octanol–water partition coefficient (Wildman–Crippen LogP) is 1.82. The Morgan fingerprint density at radius 1 is 1.20 bits per heavy atom. The van der Waals surface area contributed by atoms with Crippen molar-refractivity contribution in [3.05, 3.63) is 53.6 Å². The first-order chi connectivity index (χ1) is 14.3. The van der Waals surface area contributed by atoms with Gasteiger partial charge in [-0.05, 0) is 62.1 Å². The lowest BCUT2D eigenvalue weighted by atomic mass is 9.82. The van der Waals surface area contributed by atoms with Crippen molar-refractivity contribution in [2.45, 2.75) is 31.7 Å². The van der Waals surface area contributed by atoms with Crippen molar-refractivity contribution in [2.24, 2.45) is 0 Å². The molecule has 0 unspecified atom stereocenters. The molecule has 4 bridgehead atoms. The predicted molar refractivity (Wildman–Crippen MR) is 116 cm³/mol. The van der Waals surface area contributed by atoms with Crippen LogP contribution >= 0.6 is 0 Å². The average Bonchev–Trinajstić information content (AvgIpc) is 2.75. The third kappa shape index (κ3) is 4.78. The zero-order chi connectivity index (χ0) is 21.8. The first-order valence-electron chi connectivity index (χ1n) is 10.0. The summed E-state index contributed by atoms with van der Waals surface area (Å²) in [5.74, 6) is 1.70. The number of amides is 1. The van der Waals surface area contributed by atoms with E-state index in [2.05, 4.69) is 0 Å². The van der Waals surface area contributed by atoms with Crippen molar-refractivity contribution in [3.63, 3.8) is 0 Å². The van der Waals surface area contributed by atoms with Crippen LogP contribution in [0, 0.1) is 0 Å². The lowest BCUT2D eigenvalue weighted by Gasteiger charge is -2.35. The van der Waals surface area contributed by atoms with Gasteiger partial charge in [0.05, 0.1) is 25.8 Å². The van der Waals surface area contributed by atoms with Gasteiger partial charge in [-0.15, -0.1) is 0 Å². The Hall–Kier alpha value is -2.55. The Morgan fingerprint density at radius 3 is 2.47 bits per heavy atom. The summed E-state index contributed by atoms with van der Waals surface area (Å²) in [6.07, 6.45) is 0.888. The number of carbonyl (C=O) groups is 1. The number of nitrogens with zero attached hydrogens (tertiary/aromatic N) is 2. The van der Waals surface area contributed by atoms with Gasteiger partial charge in [-0.3, -0.25) is 4.79 Å². The molecule has 2 atom stereocenters. The number of aliphatic hydroxyl groups excluding tert-OH is 1. The summed E-state index contributed by atoms with van der Waals surface area (Å²) in [4.78, 5) is 16.6. The smallest absolute Gasteiger partial charge is 0.376 e. The van der Waals surface area contributed by atoms with Crippen molar-refractivity contribution in [1.82, 2.24) is 9.71 Å². The largest absolute Gasteiger partial charge is 0.493 e. The van der Waals surface area contributed by atoms with Crippen LogP contribution in [0.3, 0.4) is 0 Å². The maximum absolute atomic E-state index is 13.4. The summed E-state index contributed by atoms with van der Waals surface area (Å²) < 4.78 is 11.5. The molecular weight excluding hydrogens is 383 g/mol. The van der Waals surface area contributed by atoms with Crippen LogP contribution < -0.4 is 9.47 Å². The minimum atomic E-state index is -0.787. The molecule has 0 spiro atoms. The highest BCUT2D eigenvalue weighted by Crippen LogP contribution is 2.33. The van der Waals surface area contributed by atoms with E-state index in [9.17, 15) is 14.9 Å². The summed E-state index contributed by atoms with van der Waals surface area (Å²) in [6.45, 7) is 1.46. The number of methoxy groups -OCH3 is 1. The van der Waals surface area contributed by atoms with Crippen LogP contribution in [-0.4, -0.2) is 72.7 Å². The van der Waals surface area contributed by atoms with Gasteiger partial charge in [-0.25, -0.2) is 0 Å². The molecular formula is C22H29BN2O5.